The number of aryl methyl sites for hydroxylation is 1. The van der Waals surface area contributed by atoms with Gasteiger partial charge in [-0.15, -0.1) is 0 Å². The molecule has 3 aromatic carbocycles. The van der Waals surface area contributed by atoms with E-state index in [4.69, 9.17) is 13.9 Å². The first kappa shape index (κ1) is 20.3. The Morgan fingerprint density at radius 2 is 1.71 bits per heavy atom. The Morgan fingerprint density at radius 1 is 1.00 bits per heavy atom. The summed E-state index contributed by atoms with van der Waals surface area (Å²) < 4.78 is 16.8. The van der Waals surface area contributed by atoms with Gasteiger partial charge in [0.25, 0.3) is 0 Å². The van der Waals surface area contributed by atoms with Crippen molar-refractivity contribution in [3.05, 3.63) is 90.2 Å². The first-order valence-electron chi connectivity index (χ1n) is 9.92. The lowest BCUT2D eigenvalue weighted by molar-refractivity contribution is -0.111. The van der Waals surface area contributed by atoms with E-state index in [1.54, 1.807) is 31.6 Å². The van der Waals surface area contributed by atoms with Crippen LogP contribution in [0.15, 0.2) is 83.5 Å². The number of para-hydroxylation sites is 1. The molecule has 1 amide bonds. The molecule has 5 heteroatoms. The van der Waals surface area contributed by atoms with E-state index in [0.717, 1.165) is 33.4 Å². The molecule has 0 atom stereocenters. The number of fused-ring (bicyclic) bond motifs is 1. The molecule has 0 spiro atoms. The molecule has 1 N–H and O–H groups in total. The predicted molar refractivity (Wildman–Crippen MR) is 123 cm³/mol. The summed E-state index contributed by atoms with van der Waals surface area (Å²) in [6, 6.07) is 20.6. The second kappa shape index (κ2) is 8.79. The summed E-state index contributed by atoms with van der Waals surface area (Å²) in [5.41, 5.74) is 4.12. The maximum absolute atomic E-state index is 12.6. The smallest absolute Gasteiger partial charge is 0.248 e. The van der Waals surface area contributed by atoms with Crippen LogP contribution >= 0.6 is 0 Å². The number of nitrogens with one attached hydrogen (secondary N) is 1. The highest BCUT2D eigenvalue weighted by Crippen LogP contribution is 2.33. The van der Waals surface area contributed by atoms with Crippen LogP contribution in [0.5, 0.6) is 17.2 Å². The van der Waals surface area contributed by atoms with E-state index in [2.05, 4.69) is 5.32 Å². The molecule has 156 valence electrons. The van der Waals surface area contributed by atoms with Gasteiger partial charge >= 0.3 is 0 Å². The van der Waals surface area contributed by atoms with Crippen molar-refractivity contribution in [1.29, 1.82) is 0 Å². The number of hydrogen-bond acceptors (Lipinski definition) is 4. The van der Waals surface area contributed by atoms with Crippen LogP contribution < -0.4 is 14.8 Å². The van der Waals surface area contributed by atoms with E-state index in [-0.39, 0.29) is 5.91 Å². The third-order valence-corrected chi connectivity index (χ3v) is 4.96. The Bertz CT molecular complexity index is 1240. The zero-order valence-corrected chi connectivity index (χ0v) is 17.6. The number of furan rings is 1. The van der Waals surface area contributed by atoms with Crippen molar-refractivity contribution in [2.75, 3.05) is 12.4 Å². The summed E-state index contributed by atoms with van der Waals surface area (Å²) in [6.45, 7) is 3.87. The lowest BCUT2D eigenvalue weighted by atomic mass is 10.0. The van der Waals surface area contributed by atoms with Crippen LogP contribution in [0.1, 0.15) is 18.1 Å². The maximum atomic E-state index is 12.6. The summed E-state index contributed by atoms with van der Waals surface area (Å²) in [7, 11) is 1.60. The number of methoxy groups -OCH3 is 1. The second-order valence-electron chi connectivity index (χ2n) is 7.22. The normalized spacial score (nSPS) is 11.4. The molecule has 0 aliphatic carbocycles. The average Bonchev–Trinajstić information content (AvgIpc) is 3.14. The molecular weight excluding hydrogens is 390 g/mol. The summed E-state index contributed by atoms with van der Waals surface area (Å²) in [5, 5.41) is 3.88. The van der Waals surface area contributed by atoms with Gasteiger partial charge in [0.2, 0.25) is 5.91 Å². The molecule has 1 aromatic heterocycles. The third-order valence-electron chi connectivity index (χ3n) is 4.96. The van der Waals surface area contributed by atoms with Crippen LogP contribution in [0.25, 0.3) is 16.5 Å². The van der Waals surface area contributed by atoms with E-state index < -0.39 is 0 Å². The molecule has 0 bridgehead atoms. The summed E-state index contributed by atoms with van der Waals surface area (Å²) in [4.78, 5) is 12.6. The predicted octanol–water partition coefficient (Wildman–Crippen LogP) is 6.58. The maximum Gasteiger partial charge on any atom is 0.248 e. The number of benzene rings is 3. The third kappa shape index (κ3) is 4.61. The number of rotatable bonds is 6. The van der Waals surface area contributed by atoms with Crippen LogP contribution in [0.4, 0.5) is 5.69 Å². The Labute approximate surface area is 180 Å². The van der Waals surface area contributed by atoms with Crippen LogP contribution in [-0.2, 0) is 4.79 Å². The molecule has 0 radical (unpaired) electrons. The van der Waals surface area contributed by atoms with Gasteiger partial charge in [-0.05, 0) is 67.4 Å². The van der Waals surface area contributed by atoms with Crippen LogP contribution in [0, 0.1) is 6.92 Å². The van der Waals surface area contributed by atoms with Crippen molar-refractivity contribution in [2.24, 2.45) is 0 Å². The quantitative estimate of drug-likeness (QED) is 0.363. The van der Waals surface area contributed by atoms with Crippen molar-refractivity contribution in [1.82, 2.24) is 0 Å². The Morgan fingerprint density at radius 3 is 2.42 bits per heavy atom. The number of carbonyl (C=O) groups excluding carboxylic acids is 1. The zero-order valence-electron chi connectivity index (χ0n) is 17.6. The highest BCUT2D eigenvalue weighted by atomic mass is 16.5. The number of carbonyl (C=O) groups is 1. The van der Waals surface area contributed by atoms with Crippen molar-refractivity contribution < 1.29 is 18.7 Å². The van der Waals surface area contributed by atoms with E-state index >= 15 is 0 Å². The number of hydrogen-bond donors (Lipinski definition) is 1. The fourth-order valence-electron chi connectivity index (χ4n) is 3.34. The van der Waals surface area contributed by atoms with Crippen molar-refractivity contribution >= 4 is 28.1 Å². The lowest BCUT2D eigenvalue weighted by Gasteiger charge is -2.10. The number of ether oxygens (including phenoxy) is 2. The molecule has 0 aliphatic rings. The SMILES string of the molecule is COc1cc2occ(C)c2cc1/C(C)=C/C(=O)Nc1ccc(Oc2ccccc2)cc1. The molecule has 4 rings (SSSR count). The molecule has 0 aliphatic heterocycles. The number of amides is 1. The van der Waals surface area contributed by atoms with E-state index in [9.17, 15) is 4.79 Å². The zero-order chi connectivity index (χ0) is 21.8. The van der Waals surface area contributed by atoms with Crippen LogP contribution in [-0.4, -0.2) is 13.0 Å². The Kier molecular flexibility index (Phi) is 5.76. The van der Waals surface area contributed by atoms with E-state index in [1.165, 1.54) is 0 Å². The number of allylic oxidation sites excluding steroid dienone is 1. The standard InChI is InChI=1S/C26H23NO4/c1-17(22-14-23-18(2)16-30-25(23)15-24(22)29-3)13-26(28)27-19-9-11-21(12-10-19)31-20-7-5-4-6-8-20/h4-16H,1-3H3,(H,27,28)/b17-13+. The van der Waals surface area contributed by atoms with E-state index in [1.807, 2.05) is 68.4 Å². The first-order valence-corrected chi connectivity index (χ1v) is 9.92. The largest absolute Gasteiger partial charge is 0.496 e. The number of anilines is 1. The molecular formula is C26H23NO4. The molecule has 0 fully saturated rings. The minimum atomic E-state index is -0.222. The minimum Gasteiger partial charge on any atom is -0.496 e. The molecule has 0 saturated carbocycles. The van der Waals surface area contributed by atoms with E-state index in [0.29, 0.717) is 17.2 Å². The Balaban J connectivity index is 1.48. The van der Waals surface area contributed by atoms with Gasteiger partial charge in [0.05, 0.1) is 13.4 Å². The molecule has 5 nitrogen and oxygen atoms in total. The fraction of sp³-hybridized carbons (Fsp3) is 0.115. The fourth-order valence-corrected chi connectivity index (χ4v) is 3.34. The highest BCUT2D eigenvalue weighted by molar-refractivity contribution is 6.04. The monoisotopic (exact) mass is 413 g/mol. The van der Waals surface area contributed by atoms with Gasteiger partial charge in [-0.2, -0.15) is 0 Å². The van der Waals surface area contributed by atoms with Crippen LogP contribution in [0.2, 0.25) is 0 Å². The molecule has 0 unspecified atom stereocenters. The average molecular weight is 413 g/mol. The van der Waals surface area contributed by atoms with Gasteiger partial charge in [-0.25, -0.2) is 0 Å². The highest BCUT2D eigenvalue weighted by Gasteiger charge is 2.12. The Hall–Kier alpha value is -3.99. The summed E-state index contributed by atoms with van der Waals surface area (Å²) in [5.74, 6) is 1.90. The first-order chi connectivity index (χ1) is 15.0. The lowest BCUT2D eigenvalue weighted by Crippen LogP contribution is -2.08. The van der Waals surface area contributed by atoms with Gasteiger partial charge in [-0.3, -0.25) is 4.79 Å². The van der Waals surface area contributed by atoms with Gasteiger partial charge in [0.15, 0.2) is 0 Å². The summed E-state index contributed by atoms with van der Waals surface area (Å²) >= 11 is 0. The molecule has 4 aromatic rings. The van der Waals surface area contributed by atoms with Gasteiger partial charge < -0.3 is 19.2 Å². The van der Waals surface area contributed by atoms with Crippen molar-refractivity contribution in [3.8, 4) is 17.2 Å². The molecule has 1 heterocycles. The summed E-state index contributed by atoms with van der Waals surface area (Å²) in [6.07, 6.45) is 3.28. The van der Waals surface area contributed by atoms with Crippen molar-refractivity contribution in [2.45, 2.75) is 13.8 Å². The van der Waals surface area contributed by atoms with Gasteiger partial charge in [-0.1, -0.05) is 18.2 Å². The minimum absolute atomic E-state index is 0.222. The van der Waals surface area contributed by atoms with Gasteiger partial charge in [0, 0.05) is 28.8 Å². The van der Waals surface area contributed by atoms with Crippen molar-refractivity contribution in [3.63, 3.8) is 0 Å². The van der Waals surface area contributed by atoms with Crippen LogP contribution in [0.3, 0.4) is 0 Å². The second-order valence-corrected chi connectivity index (χ2v) is 7.22. The molecule has 31 heavy (non-hydrogen) atoms. The molecule has 0 saturated heterocycles. The van der Waals surface area contributed by atoms with Gasteiger partial charge in [0.1, 0.15) is 22.8 Å². The topological polar surface area (TPSA) is 60.7 Å².